The van der Waals surface area contributed by atoms with Crippen molar-refractivity contribution in [3.05, 3.63) is 11.4 Å². The first kappa shape index (κ1) is 21.2. The minimum Gasteiger partial charge on any atom is -0.464 e. The van der Waals surface area contributed by atoms with Gasteiger partial charge in [-0.25, -0.2) is 9.42 Å². The quantitative estimate of drug-likeness (QED) is 0.553. The molecule has 0 atom stereocenters. The molecule has 4 heterocycles. The highest BCUT2D eigenvalue weighted by Gasteiger charge is 2.45. The van der Waals surface area contributed by atoms with Gasteiger partial charge in [-0.1, -0.05) is 11.6 Å². The summed E-state index contributed by atoms with van der Waals surface area (Å²) in [7, 11) is 1.28. The smallest absolute Gasteiger partial charge is 0.360 e. The molecule has 13 heteroatoms. The molecule has 4 rings (SSSR count). The molecule has 2 fully saturated rings. The van der Waals surface area contributed by atoms with E-state index >= 15 is 0 Å². The van der Waals surface area contributed by atoms with Gasteiger partial charge in [0.15, 0.2) is 5.69 Å². The van der Waals surface area contributed by atoms with Crippen LogP contribution in [0.2, 0.25) is 0 Å². The predicted molar refractivity (Wildman–Crippen MR) is 107 cm³/mol. The number of carbonyl (C=O) groups is 2. The van der Waals surface area contributed by atoms with E-state index in [-0.39, 0.29) is 23.2 Å². The second-order valence-electron chi connectivity index (χ2n) is 7.98. The Morgan fingerprint density at radius 1 is 1.13 bits per heavy atom. The fourth-order valence-corrected chi connectivity index (χ4v) is 4.54. The van der Waals surface area contributed by atoms with Gasteiger partial charge in [-0.3, -0.25) is 14.6 Å². The van der Waals surface area contributed by atoms with Gasteiger partial charge in [0.2, 0.25) is 17.5 Å². The van der Waals surface area contributed by atoms with Crippen LogP contribution in [0.5, 0.6) is 0 Å². The third-order valence-electron chi connectivity index (χ3n) is 6.31. The van der Waals surface area contributed by atoms with Crippen LogP contribution in [-0.2, 0) is 16.1 Å². The maximum atomic E-state index is 12.5. The third-order valence-corrected chi connectivity index (χ3v) is 6.31. The number of nitrogens with zero attached hydrogens (tertiary/aromatic N) is 7. The lowest BCUT2D eigenvalue weighted by atomic mass is 9.83. The van der Waals surface area contributed by atoms with Crippen LogP contribution in [0.4, 0.5) is 5.82 Å². The zero-order chi connectivity index (χ0) is 22.0. The Morgan fingerprint density at radius 2 is 1.84 bits per heavy atom. The lowest BCUT2D eigenvalue weighted by Gasteiger charge is -2.48. The molecule has 2 aliphatic rings. The van der Waals surface area contributed by atoms with E-state index in [4.69, 9.17) is 16.2 Å². The number of rotatable bonds is 6. The summed E-state index contributed by atoms with van der Waals surface area (Å²) in [4.78, 5) is 29.1. The van der Waals surface area contributed by atoms with E-state index in [1.54, 1.807) is 0 Å². The monoisotopic (exact) mass is 433 g/mol. The minimum absolute atomic E-state index is 0.0269. The topological polar surface area (TPSA) is 172 Å². The van der Waals surface area contributed by atoms with Gasteiger partial charge in [-0.05, 0) is 49.1 Å². The number of likely N-dealkylation sites (tertiary alicyclic amines) is 2. The van der Waals surface area contributed by atoms with Crippen molar-refractivity contribution in [1.82, 2.24) is 35.1 Å². The molecule has 4 N–H and O–H groups in total. The molecule has 31 heavy (non-hydrogen) atoms. The molecular formula is C18H27N9O4. The Bertz CT molecular complexity index is 942. The van der Waals surface area contributed by atoms with Gasteiger partial charge in [0, 0.05) is 19.6 Å². The van der Waals surface area contributed by atoms with Crippen LogP contribution in [0.3, 0.4) is 0 Å². The number of aromatic nitrogens is 5. The lowest BCUT2D eigenvalue weighted by molar-refractivity contribution is -0.135. The van der Waals surface area contributed by atoms with Crippen molar-refractivity contribution in [2.75, 3.05) is 39.0 Å². The number of esters is 1. The van der Waals surface area contributed by atoms with Crippen molar-refractivity contribution in [3.63, 3.8) is 0 Å². The normalized spacial score (nSPS) is 19.9. The van der Waals surface area contributed by atoms with Crippen molar-refractivity contribution < 1.29 is 19.0 Å². The van der Waals surface area contributed by atoms with E-state index in [0.29, 0.717) is 38.2 Å². The second kappa shape index (κ2) is 8.59. The van der Waals surface area contributed by atoms with Crippen molar-refractivity contribution in [3.8, 4) is 5.82 Å². The molecule has 2 saturated heterocycles. The van der Waals surface area contributed by atoms with Crippen LogP contribution in [0.1, 0.15) is 48.3 Å². The Kier molecular flexibility index (Phi) is 5.87. The number of anilines is 1. The van der Waals surface area contributed by atoms with Gasteiger partial charge in [-0.15, -0.1) is 5.10 Å². The molecule has 0 spiro atoms. The maximum absolute atomic E-state index is 12.5. The SMILES string of the molecule is COC(=O)c1nnn(-c2nonc2N)c1CN1CCC(C(N)=O)(N2CCCCC2)CC1. The minimum atomic E-state index is -0.624. The van der Waals surface area contributed by atoms with E-state index in [1.165, 1.54) is 18.2 Å². The first-order valence-electron chi connectivity index (χ1n) is 10.3. The second-order valence-corrected chi connectivity index (χ2v) is 7.98. The number of piperidine rings is 2. The number of methoxy groups -OCH3 is 1. The summed E-state index contributed by atoms with van der Waals surface area (Å²) in [6.45, 7) is 3.36. The highest BCUT2D eigenvalue weighted by molar-refractivity contribution is 5.88. The fraction of sp³-hybridized carbons (Fsp3) is 0.667. The number of ether oxygens (including phenoxy) is 1. The molecule has 2 aromatic heterocycles. The molecular weight excluding hydrogens is 406 g/mol. The Morgan fingerprint density at radius 3 is 2.42 bits per heavy atom. The zero-order valence-electron chi connectivity index (χ0n) is 17.5. The first-order chi connectivity index (χ1) is 15.0. The largest absolute Gasteiger partial charge is 0.464 e. The molecule has 1 amide bonds. The van der Waals surface area contributed by atoms with Gasteiger partial charge < -0.3 is 16.2 Å². The Hall–Kier alpha value is -3.06. The van der Waals surface area contributed by atoms with Gasteiger partial charge in [-0.2, -0.15) is 4.68 Å². The van der Waals surface area contributed by atoms with Gasteiger partial charge >= 0.3 is 5.97 Å². The summed E-state index contributed by atoms with van der Waals surface area (Å²) in [5.74, 6) is -0.709. The van der Waals surface area contributed by atoms with E-state index in [2.05, 4.69) is 35.1 Å². The van der Waals surface area contributed by atoms with Crippen molar-refractivity contribution in [1.29, 1.82) is 0 Å². The van der Waals surface area contributed by atoms with Gasteiger partial charge in [0.25, 0.3) is 0 Å². The number of hydrogen-bond donors (Lipinski definition) is 2. The van der Waals surface area contributed by atoms with Crippen molar-refractivity contribution in [2.24, 2.45) is 5.73 Å². The molecule has 0 aromatic carbocycles. The van der Waals surface area contributed by atoms with E-state index in [0.717, 1.165) is 25.9 Å². The summed E-state index contributed by atoms with van der Waals surface area (Å²) in [6, 6.07) is 0. The summed E-state index contributed by atoms with van der Waals surface area (Å²) in [6.07, 6.45) is 4.58. The molecule has 168 valence electrons. The molecule has 0 aliphatic carbocycles. The Balaban J connectivity index is 1.55. The molecule has 2 aromatic rings. The van der Waals surface area contributed by atoms with Crippen LogP contribution in [0.15, 0.2) is 4.63 Å². The molecule has 2 aliphatic heterocycles. The average Bonchev–Trinajstić information content (AvgIpc) is 3.40. The van der Waals surface area contributed by atoms with Gasteiger partial charge in [0.1, 0.15) is 5.54 Å². The van der Waals surface area contributed by atoms with E-state index in [1.807, 2.05) is 0 Å². The molecule has 13 nitrogen and oxygen atoms in total. The van der Waals surface area contributed by atoms with Gasteiger partial charge in [0.05, 0.1) is 12.8 Å². The maximum Gasteiger partial charge on any atom is 0.360 e. The Labute approximate surface area is 178 Å². The number of primary amides is 1. The van der Waals surface area contributed by atoms with Crippen LogP contribution < -0.4 is 11.5 Å². The first-order valence-corrected chi connectivity index (χ1v) is 10.3. The van der Waals surface area contributed by atoms with Crippen LogP contribution in [0, 0.1) is 0 Å². The standard InChI is InChI=1S/C18H27N9O4/c1-30-16(28)13-12(27(24-21-13)15-14(19)22-31-23-15)11-25-9-5-18(6-10-25,17(20)29)26-7-3-2-4-8-26/h2-11H2,1H3,(H2,19,22)(H2,20,29). The predicted octanol–water partition coefficient (Wildman–Crippen LogP) is -0.675. The fourth-order valence-electron chi connectivity index (χ4n) is 4.54. The van der Waals surface area contributed by atoms with Crippen LogP contribution in [-0.4, -0.2) is 85.8 Å². The summed E-state index contributed by atoms with van der Waals surface area (Å²) >= 11 is 0. The number of nitrogens with two attached hydrogens (primary N) is 2. The lowest BCUT2D eigenvalue weighted by Crippen LogP contribution is -2.63. The summed E-state index contributed by atoms with van der Waals surface area (Å²) < 4.78 is 10.8. The zero-order valence-corrected chi connectivity index (χ0v) is 17.5. The highest BCUT2D eigenvalue weighted by Crippen LogP contribution is 2.32. The summed E-state index contributed by atoms with van der Waals surface area (Å²) in [5.41, 5.74) is 11.6. The van der Waals surface area contributed by atoms with Crippen molar-refractivity contribution in [2.45, 2.75) is 44.2 Å². The van der Waals surface area contributed by atoms with Crippen molar-refractivity contribution >= 4 is 17.7 Å². The highest BCUT2D eigenvalue weighted by atomic mass is 16.6. The number of amides is 1. The van der Waals surface area contributed by atoms with Crippen LogP contribution >= 0.6 is 0 Å². The van der Waals surface area contributed by atoms with Crippen LogP contribution in [0.25, 0.3) is 5.82 Å². The molecule has 0 saturated carbocycles. The van der Waals surface area contributed by atoms with E-state index in [9.17, 15) is 9.59 Å². The molecule has 0 unspecified atom stereocenters. The average molecular weight is 433 g/mol. The third kappa shape index (κ3) is 3.85. The number of hydrogen-bond acceptors (Lipinski definition) is 11. The number of nitrogen functional groups attached to an aromatic ring is 1. The summed E-state index contributed by atoms with van der Waals surface area (Å²) in [5, 5.41) is 15.3. The van der Waals surface area contributed by atoms with E-state index < -0.39 is 11.5 Å². The molecule has 0 radical (unpaired) electrons. The number of carbonyl (C=O) groups excluding carboxylic acids is 2. The molecule has 0 bridgehead atoms.